The lowest BCUT2D eigenvalue weighted by atomic mass is 10.1. The molecule has 1 aliphatic heterocycles. The van der Waals surface area contributed by atoms with Crippen molar-refractivity contribution < 1.29 is 0 Å². The molecule has 0 bridgehead atoms. The van der Waals surface area contributed by atoms with E-state index >= 15 is 0 Å². The molecule has 2 heterocycles. The largest absolute Gasteiger partial charge is 0.327 e. The van der Waals surface area contributed by atoms with E-state index in [1.807, 2.05) is 6.07 Å². The second kappa shape index (κ2) is 4.72. The van der Waals surface area contributed by atoms with E-state index in [0.717, 1.165) is 31.6 Å². The van der Waals surface area contributed by atoms with E-state index in [4.69, 9.17) is 5.73 Å². The summed E-state index contributed by atoms with van der Waals surface area (Å²) in [4.78, 5) is 7.09. The van der Waals surface area contributed by atoms with Crippen molar-refractivity contribution in [1.82, 2.24) is 9.88 Å². The Morgan fingerprint density at radius 2 is 2.29 bits per heavy atom. The molecule has 1 aliphatic rings. The molecule has 90 valence electrons. The molecule has 4 heteroatoms. The lowest BCUT2D eigenvalue weighted by Crippen LogP contribution is -2.42. The summed E-state index contributed by atoms with van der Waals surface area (Å²) in [7, 11) is 0. The fourth-order valence-electron chi connectivity index (χ4n) is 2.41. The Kier molecular flexibility index (Phi) is 3.09. The number of hydrogen-bond acceptors (Lipinski definition) is 4. The Bertz CT molecular complexity index is 475. The molecule has 0 amide bonds. The first kappa shape index (κ1) is 11.1. The fourth-order valence-corrected chi connectivity index (χ4v) is 3.42. The average molecular weight is 247 g/mol. The van der Waals surface area contributed by atoms with Gasteiger partial charge in [-0.05, 0) is 31.5 Å². The smallest absolute Gasteiger partial charge is 0.108 e. The van der Waals surface area contributed by atoms with Crippen LogP contribution in [0.15, 0.2) is 24.3 Å². The van der Waals surface area contributed by atoms with Crippen LogP contribution in [0, 0.1) is 0 Å². The summed E-state index contributed by atoms with van der Waals surface area (Å²) in [6.07, 6.45) is 2.38. The number of hydrogen-bond donors (Lipinski definition) is 1. The topological polar surface area (TPSA) is 42.1 Å². The number of piperidine rings is 1. The first-order valence-corrected chi connectivity index (χ1v) is 6.95. The number of para-hydroxylation sites is 1. The number of nitrogens with zero attached hydrogens (tertiary/aromatic N) is 2. The zero-order valence-electron chi connectivity index (χ0n) is 9.80. The van der Waals surface area contributed by atoms with Gasteiger partial charge in [0.1, 0.15) is 5.01 Å². The zero-order valence-corrected chi connectivity index (χ0v) is 10.6. The van der Waals surface area contributed by atoms with E-state index in [2.05, 4.69) is 28.1 Å². The molecular weight excluding hydrogens is 230 g/mol. The highest BCUT2D eigenvalue weighted by Crippen LogP contribution is 2.23. The molecule has 3 nitrogen and oxygen atoms in total. The Balaban J connectivity index is 1.75. The Morgan fingerprint density at radius 3 is 3.12 bits per heavy atom. The maximum absolute atomic E-state index is 6.00. The van der Waals surface area contributed by atoms with Gasteiger partial charge in [0.25, 0.3) is 0 Å². The van der Waals surface area contributed by atoms with E-state index in [-0.39, 0.29) is 0 Å². The maximum Gasteiger partial charge on any atom is 0.108 e. The lowest BCUT2D eigenvalue weighted by Gasteiger charge is -2.29. The number of likely N-dealkylation sites (tertiary alicyclic amines) is 1. The van der Waals surface area contributed by atoms with Crippen molar-refractivity contribution in [3.8, 4) is 0 Å². The molecular formula is C13H17N3S. The molecule has 17 heavy (non-hydrogen) atoms. The fraction of sp³-hybridized carbons (Fsp3) is 0.462. The second-order valence-corrected chi connectivity index (χ2v) is 5.83. The third kappa shape index (κ3) is 2.49. The molecule has 1 aromatic carbocycles. The van der Waals surface area contributed by atoms with Gasteiger partial charge in [-0.15, -0.1) is 11.3 Å². The highest BCUT2D eigenvalue weighted by Gasteiger charge is 2.17. The van der Waals surface area contributed by atoms with Crippen LogP contribution in [-0.4, -0.2) is 29.0 Å². The second-order valence-electron chi connectivity index (χ2n) is 4.71. The highest BCUT2D eigenvalue weighted by atomic mass is 32.1. The monoisotopic (exact) mass is 247 g/mol. The predicted molar refractivity (Wildman–Crippen MR) is 72.1 cm³/mol. The molecule has 1 atom stereocenters. The van der Waals surface area contributed by atoms with E-state index in [1.165, 1.54) is 16.1 Å². The minimum absolute atomic E-state index is 0.345. The zero-order chi connectivity index (χ0) is 11.7. The van der Waals surface area contributed by atoms with Crippen molar-refractivity contribution >= 4 is 21.6 Å². The van der Waals surface area contributed by atoms with Crippen LogP contribution < -0.4 is 5.73 Å². The van der Waals surface area contributed by atoms with Gasteiger partial charge in [-0.3, -0.25) is 4.90 Å². The lowest BCUT2D eigenvalue weighted by molar-refractivity contribution is 0.201. The first-order chi connectivity index (χ1) is 8.31. The number of fused-ring (bicyclic) bond motifs is 1. The van der Waals surface area contributed by atoms with Crippen molar-refractivity contribution in [3.05, 3.63) is 29.3 Å². The van der Waals surface area contributed by atoms with Crippen molar-refractivity contribution in [2.75, 3.05) is 13.1 Å². The van der Waals surface area contributed by atoms with Crippen molar-refractivity contribution in [1.29, 1.82) is 0 Å². The summed E-state index contributed by atoms with van der Waals surface area (Å²) >= 11 is 1.80. The van der Waals surface area contributed by atoms with Gasteiger partial charge < -0.3 is 5.73 Å². The summed E-state index contributed by atoms with van der Waals surface area (Å²) in [5.74, 6) is 0. The van der Waals surface area contributed by atoms with Gasteiger partial charge in [0.05, 0.1) is 16.8 Å². The minimum atomic E-state index is 0.345. The van der Waals surface area contributed by atoms with Crippen molar-refractivity contribution in [2.45, 2.75) is 25.4 Å². The average Bonchev–Trinajstić information content (AvgIpc) is 2.71. The van der Waals surface area contributed by atoms with E-state index in [0.29, 0.717) is 6.04 Å². The first-order valence-electron chi connectivity index (χ1n) is 6.13. The van der Waals surface area contributed by atoms with Crippen LogP contribution in [0.25, 0.3) is 10.2 Å². The number of rotatable bonds is 2. The van der Waals surface area contributed by atoms with Gasteiger partial charge in [-0.1, -0.05) is 12.1 Å². The molecule has 0 spiro atoms. The molecule has 0 radical (unpaired) electrons. The number of benzene rings is 1. The Morgan fingerprint density at radius 1 is 1.41 bits per heavy atom. The minimum Gasteiger partial charge on any atom is -0.327 e. The van der Waals surface area contributed by atoms with E-state index < -0.39 is 0 Å². The summed E-state index contributed by atoms with van der Waals surface area (Å²) in [5, 5.41) is 1.21. The maximum atomic E-state index is 6.00. The third-order valence-corrected chi connectivity index (χ3v) is 4.26. The van der Waals surface area contributed by atoms with Gasteiger partial charge >= 0.3 is 0 Å². The summed E-state index contributed by atoms with van der Waals surface area (Å²) in [5.41, 5.74) is 7.11. The summed E-state index contributed by atoms with van der Waals surface area (Å²) in [6, 6.07) is 8.68. The molecule has 1 aromatic heterocycles. The normalized spacial score (nSPS) is 22.1. The van der Waals surface area contributed by atoms with Crippen LogP contribution in [0.4, 0.5) is 0 Å². The van der Waals surface area contributed by atoms with Gasteiger partial charge in [-0.2, -0.15) is 0 Å². The molecule has 3 rings (SSSR count). The van der Waals surface area contributed by atoms with Crippen LogP contribution in [0.3, 0.4) is 0 Å². The molecule has 1 saturated heterocycles. The summed E-state index contributed by atoms with van der Waals surface area (Å²) in [6.45, 7) is 3.12. The van der Waals surface area contributed by atoms with Crippen LogP contribution in [0.2, 0.25) is 0 Å². The van der Waals surface area contributed by atoms with Crippen LogP contribution in [-0.2, 0) is 6.54 Å². The van der Waals surface area contributed by atoms with E-state index in [1.54, 1.807) is 11.3 Å². The van der Waals surface area contributed by atoms with Gasteiger partial charge in [-0.25, -0.2) is 4.98 Å². The quantitative estimate of drug-likeness (QED) is 0.885. The molecule has 1 fully saturated rings. The standard InChI is InChI=1S/C13H17N3S/c14-10-4-3-7-16(8-10)9-13-15-11-5-1-2-6-12(11)17-13/h1-2,5-6,10H,3-4,7-9,14H2. The van der Waals surface area contributed by atoms with Gasteiger partial charge in [0, 0.05) is 12.6 Å². The molecule has 2 N–H and O–H groups in total. The predicted octanol–water partition coefficient (Wildman–Crippen LogP) is 2.22. The highest BCUT2D eigenvalue weighted by molar-refractivity contribution is 7.18. The van der Waals surface area contributed by atoms with Gasteiger partial charge in [0.15, 0.2) is 0 Å². The van der Waals surface area contributed by atoms with E-state index in [9.17, 15) is 0 Å². The van der Waals surface area contributed by atoms with Crippen LogP contribution >= 0.6 is 11.3 Å². The molecule has 1 unspecified atom stereocenters. The SMILES string of the molecule is NC1CCCN(Cc2nc3ccccc3s2)C1. The Hall–Kier alpha value is -0.970. The van der Waals surface area contributed by atoms with Gasteiger partial charge in [0.2, 0.25) is 0 Å². The molecule has 0 aliphatic carbocycles. The molecule has 0 saturated carbocycles. The Labute approximate surface area is 105 Å². The third-order valence-electron chi connectivity index (χ3n) is 3.24. The number of thiazole rings is 1. The van der Waals surface area contributed by atoms with Crippen LogP contribution in [0.1, 0.15) is 17.8 Å². The van der Waals surface area contributed by atoms with Crippen LogP contribution in [0.5, 0.6) is 0 Å². The summed E-state index contributed by atoms with van der Waals surface area (Å²) < 4.78 is 1.28. The number of nitrogens with two attached hydrogens (primary N) is 1. The van der Waals surface area contributed by atoms with Crippen molar-refractivity contribution in [2.24, 2.45) is 5.73 Å². The van der Waals surface area contributed by atoms with Crippen molar-refractivity contribution in [3.63, 3.8) is 0 Å². The number of aromatic nitrogens is 1. The molecule has 2 aromatic rings.